The molecule has 0 saturated carbocycles. The Hall–Kier alpha value is -1.55. The first-order valence-electron chi connectivity index (χ1n) is 6.91. The van der Waals surface area contributed by atoms with Crippen LogP contribution in [0, 0.1) is 0 Å². The molecule has 1 N–H and O–H groups in total. The Bertz CT molecular complexity index is 501. The van der Waals surface area contributed by atoms with Crippen molar-refractivity contribution in [3.05, 3.63) is 29.3 Å². The standard InChI is InChI=1S/C15H20N2O2/c1-16-13-6-3-10-9-11(4-5-12(10)13)19-14-7-8-17(2)15(14)18/h4-5,9,13-14,16H,3,6-8H2,1-2H3. The summed E-state index contributed by atoms with van der Waals surface area (Å²) in [5.41, 5.74) is 2.71. The molecule has 0 spiro atoms. The van der Waals surface area contributed by atoms with Gasteiger partial charge in [-0.15, -0.1) is 0 Å². The summed E-state index contributed by atoms with van der Waals surface area (Å²) in [4.78, 5) is 13.6. The van der Waals surface area contributed by atoms with Crippen LogP contribution in [0.25, 0.3) is 0 Å². The molecular formula is C15H20N2O2. The summed E-state index contributed by atoms with van der Waals surface area (Å²) in [6.07, 6.45) is 2.70. The number of aryl methyl sites for hydroxylation is 1. The van der Waals surface area contributed by atoms with Gasteiger partial charge in [-0.25, -0.2) is 0 Å². The summed E-state index contributed by atoms with van der Waals surface area (Å²) in [7, 11) is 3.82. The largest absolute Gasteiger partial charge is 0.481 e. The molecule has 1 fully saturated rings. The van der Waals surface area contributed by atoms with Crippen LogP contribution in [0.5, 0.6) is 5.75 Å². The molecule has 2 atom stereocenters. The Morgan fingerprint density at radius 2 is 2.21 bits per heavy atom. The fraction of sp³-hybridized carbons (Fsp3) is 0.533. The lowest BCUT2D eigenvalue weighted by molar-refractivity contribution is -0.132. The molecule has 3 rings (SSSR count). The monoisotopic (exact) mass is 260 g/mol. The van der Waals surface area contributed by atoms with E-state index >= 15 is 0 Å². The van der Waals surface area contributed by atoms with Crippen molar-refractivity contribution in [3.8, 4) is 5.75 Å². The van der Waals surface area contributed by atoms with Crippen molar-refractivity contribution in [1.82, 2.24) is 10.2 Å². The van der Waals surface area contributed by atoms with Gasteiger partial charge in [0.1, 0.15) is 5.75 Å². The number of nitrogens with one attached hydrogen (secondary N) is 1. The van der Waals surface area contributed by atoms with E-state index in [1.807, 2.05) is 20.2 Å². The molecule has 1 aliphatic carbocycles. The van der Waals surface area contributed by atoms with Crippen LogP contribution in [0.3, 0.4) is 0 Å². The van der Waals surface area contributed by atoms with Crippen LogP contribution in [-0.2, 0) is 11.2 Å². The minimum absolute atomic E-state index is 0.0913. The third-order valence-electron chi connectivity index (χ3n) is 4.20. The highest BCUT2D eigenvalue weighted by atomic mass is 16.5. The second kappa shape index (κ2) is 4.85. The maximum atomic E-state index is 11.8. The molecule has 0 bridgehead atoms. The predicted molar refractivity (Wildman–Crippen MR) is 73.2 cm³/mol. The first-order valence-corrected chi connectivity index (χ1v) is 6.91. The maximum Gasteiger partial charge on any atom is 0.263 e. The van der Waals surface area contributed by atoms with Crippen molar-refractivity contribution in [1.29, 1.82) is 0 Å². The van der Waals surface area contributed by atoms with Crippen LogP contribution >= 0.6 is 0 Å². The zero-order valence-electron chi connectivity index (χ0n) is 11.5. The Kier molecular flexibility index (Phi) is 3.19. The SMILES string of the molecule is CNC1CCc2cc(OC3CCN(C)C3=O)ccc21. The highest BCUT2D eigenvalue weighted by Crippen LogP contribution is 2.33. The van der Waals surface area contributed by atoms with Crippen LogP contribution in [0.1, 0.15) is 30.0 Å². The molecule has 102 valence electrons. The van der Waals surface area contributed by atoms with Gasteiger partial charge in [0.2, 0.25) is 0 Å². The van der Waals surface area contributed by atoms with E-state index in [1.165, 1.54) is 11.1 Å². The molecule has 19 heavy (non-hydrogen) atoms. The Labute approximate surface area is 113 Å². The number of nitrogens with zero attached hydrogens (tertiary/aromatic N) is 1. The van der Waals surface area contributed by atoms with E-state index in [2.05, 4.69) is 17.4 Å². The number of amides is 1. The molecule has 2 unspecified atom stereocenters. The zero-order valence-corrected chi connectivity index (χ0v) is 11.5. The Morgan fingerprint density at radius 1 is 1.37 bits per heavy atom. The predicted octanol–water partition coefficient (Wildman–Crippen LogP) is 1.50. The number of hydrogen-bond donors (Lipinski definition) is 1. The average Bonchev–Trinajstić information content (AvgIpc) is 2.96. The number of rotatable bonds is 3. The lowest BCUT2D eigenvalue weighted by atomic mass is 10.1. The van der Waals surface area contributed by atoms with Crippen molar-refractivity contribution in [2.75, 3.05) is 20.6 Å². The summed E-state index contributed by atoms with van der Waals surface area (Å²) >= 11 is 0. The molecule has 1 amide bonds. The molecule has 1 heterocycles. The van der Waals surface area contributed by atoms with Gasteiger partial charge < -0.3 is 15.0 Å². The third kappa shape index (κ3) is 2.21. The smallest absolute Gasteiger partial charge is 0.263 e. The van der Waals surface area contributed by atoms with E-state index in [1.54, 1.807) is 4.90 Å². The summed E-state index contributed by atoms with van der Waals surface area (Å²) in [5, 5.41) is 3.32. The van der Waals surface area contributed by atoms with E-state index in [0.717, 1.165) is 31.6 Å². The molecule has 4 heteroatoms. The molecule has 0 radical (unpaired) electrons. The minimum Gasteiger partial charge on any atom is -0.481 e. The van der Waals surface area contributed by atoms with Gasteiger partial charge in [0.15, 0.2) is 6.10 Å². The number of carbonyl (C=O) groups is 1. The number of ether oxygens (including phenoxy) is 1. The molecule has 4 nitrogen and oxygen atoms in total. The van der Waals surface area contributed by atoms with Gasteiger partial charge in [-0.05, 0) is 43.1 Å². The highest BCUT2D eigenvalue weighted by molar-refractivity contribution is 5.83. The van der Waals surface area contributed by atoms with Crippen molar-refractivity contribution in [3.63, 3.8) is 0 Å². The number of likely N-dealkylation sites (N-methyl/N-ethyl adjacent to an activating group) is 1. The lowest BCUT2D eigenvalue weighted by Gasteiger charge is -2.15. The second-order valence-electron chi connectivity index (χ2n) is 5.40. The van der Waals surface area contributed by atoms with E-state index in [0.29, 0.717) is 6.04 Å². The number of likely N-dealkylation sites (tertiary alicyclic amines) is 1. The van der Waals surface area contributed by atoms with Crippen LogP contribution in [0.15, 0.2) is 18.2 Å². The molecular weight excluding hydrogens is 240 g/mol. The van der Waals surface area contributed by atoms with Crippen LogP contribution in [0.2, 0.25) is 0 Å². The number of carbonyl (C=O) groups excluding carboxylic acids is 1. The fourth-order valence-corrected chi connectivity index (χ4v) is 3.03. The zero-order chi connectivity index (χ0) is 13.4. The van der Waals surface area contributed by atoms with Gasteiger partial charge >= 0.3 is 0 Å². The summed E-state index contributed by atoms with van der Waals surface area (Å²) in [6, 6.07) is 6.67. The van der Waals surface area contributed by atoms with Gasteiger partial charge in [0, 0.05) is 26.1 Å². The maximum absolute atomic E-state index is 11.8. The third-order valence-corrected chi connectivity index (χ3v) is 4.20. The summed E-state index contributed by atoms with van der Waals surface area (Å²) < 4.78 is 5.84. The minimum atomic E-state index is -0.301. The van der Waals surface area contributed by atoms with Gasteiger partial charge in [-0.1, -0.05) is 6.07 Å². The van der Waals surface area contributed by atoms with Crippen LogP contribution in [-0.4, -0.2) is 37.6 Å². The van der Waals surface area contributed by atoms with Crippen LogP contribution < -0.4 is 10.1 Å². The van der Waals surface area contributed by atoms with E-state index in [9.17, 15) is 4.79 Å². The molecule has 1 saturated heterocycles. The van der Waals surface area contributed by atoms with E-state index in [4.69, 9.17) is 4.74 Å². The van der Waals surface area contributed by atoms with Crippen LogP contribution in [0.4, 0.5) is 0 Å². The molecule has 2 aliphatic rings. The number of hydrogen-bond acceptors (Lipinski definition) is 3. The normalized spacial score (nSPS) is 25.8. The van der Waals surface area contributed by atoms with Crippen molar-refractivity contribution >= 4 is 5.91 Å². The average molecular weight is 260 g/mol. The molecule has 0 aromatic heterocycles. The summed E-state index contributed by atoms with van der Waals surface area (Å²) in [6.45, 7) is 0.788. The van der Waals surface area contributed by atoms with Crippen molar-refractivity contribution < 1.29 is 9.53 Å². The lowest BCUT2D eigenvalue weighted by Crippen LogP contribution is -2.29. The van der Waals surface area contributed by atoms with Gasteiger partial charge in [-0.3, -0.25) is 4.79 Å². The molecule has 1 aliphatic heterocycles. The van der Waals surface area contributed by atoms with E-state index < -0.39 is 0 Å². The van der Waals surface area contributed by atoms with Gasteiger partial charge in [0.25, 0.3) is 5.91 Å². The van der Waals surface area contributed by atoms with Crippen molar-refractivity contribution in [2.45, 2.75) is 31.4 Å². The topological polar surface area (TPSA) is 41.6 Å². The quantitative estimate of drug-likeness (QED) is 0.895. The fourth-order valence-electron chi connectivity index (χ4n) is 3.03. The number of fused-ring (bicyclic) bond motifs is 1. The van der Waals surface area contributed by atoms with E-state index in [-0.39, 0.29) is 12.0 Å². The molecule has 1 aromatic rings. The first kappa shape index (κ1) is 12.5. The highest BCUT2D eigenvalue weighted by Gasteiger charge is 2.31. The van der Waals surface area contributed by atoms with Gasteiger partial charge in [0.05, 0.1) is 0 Å². The Morgan fingerprint density at radius 3 is 2.89 bits per heavy atom. The number of benzene rings is 1. The summed E-state index contributed by atoms with van der Waals surface area (Å²) in [5.74, 6) is 0.915. The Balaban J connectivity index is 1.75. The first-order chi connectivity index (χ1) is 9.19. The second-order valence-corrected chi connectivity index (χ2v) is 5.40. The van der Waals surface area contributed by atoms with Gasteiger partial charge in [-0.2, -0.15) is 0 Å². The molecule has 1 aromatic carbocycles. The van der Waals surface area contributed by atoms with Crippen molar-refractivity contribution in [2.24, 2.45) is 0 Å².